The van der Waals surface area contributed by atoms with Gasteiger partial charge in [0.1, 0.15) is 24.2 Å². The molecule has 2 aliphatic heterocycles. The number of pyridine rings is 1. The Morgan fingerprint density at radius 1 is 1.27 bits per heavy atom. The molecule has 1 amide bonds. The Bertz CT molecular complexity index is 1620. The fourth-order valence-electron chi connectivity index (χ4n) is 5.89. The SMILES string of the molecule is C=N/C(=C\N=C(/C)c1cc(OCCN2CCCC2)cn2ncc(C#N)c12)N1CCC(C)(NC(=O)c2c(C)cccc2Cl)CC1. The molecule has 0 aliphatic carbocycles. The fourth-order valence-corrected chi connectivity index (χ4v) is 6.20. The lowest BCUT2D eigenvalue weighted by Gasteiger charge is -2.40. The average Bonchev–Trinajstić information content (AvgIpc) is 3.67. The van der Waals surface area contributed by atoms with Crippen LogP contribution in [0.1, 0.15) is 66.6 Å². The van der Waals surface area contributed by atoms with Crippen LogP contribution in [0, 0.1) is 18.3 Å². The number of ether oxygens (including phenoxy) is 1. The van der Waals surface area contributed by atoms with Crippen LogP contribution in [-0.2, 0) is 0 Å². The molecule has 10 nitrogen and oxygen atoms in total. The molecule has 1 N–H and O–H groups in total. The Labute approximate surface area is 263 Å². The third-order valence-electron chi connectivity index (χ3n) is 8.56. The Balaban J connectivity index is 1.29. The number of nitrogens with one attached hydrogen (secondary N) is 1. The maximum Gasteiger partial charge on any atom is 0.253 e. The van der Waals surface area contributed by atoms with E-state index in [1.54, 1.807) is 29.2 Å². The summed E-state index contributed by atoms with van der Waals surface area (Å²) in [6, 6.07) is 9.63. The van der Waals surface area contributed by atoms with Gasteiger partial charge in [0.05, 0.1) is 40.3 Å². The average molecular weight is 615 g/mol. The third kappa shape index (κ3) is 6.95. The van der Waals surface area contributed by atoms with Crippen molar-refractivity contribution in [3.63, 3.8) is 0 Å². The molecule has 2 fully saturated rings. The molecule has 2 saturated heterocycles. The molecular weight excluding hydrogens is 576 g/mol. The standard InChI is InChI=1S/C33H39ClN8O2/c1-23-8-7-9-28(34)30(23)32(43)39-33(3)10-14-41(15-11-33)29(36-4)21-37-24(2)27-18-26(44-17-16-40-12-5-6-13-40)22-42-31(27)25(19-35)20-38-42/h7-9,18,20-22H,4-6,10-17H2,1-3H3,(H,39,43)/b29-21+,37-24+. The molecule has 0 radical (unpaired) electrons. The molecule has 2 aromatic heterocycles. The van der Waals surface area contributed by atoms with Crippen LogP contribution in [0.15, 0.2) is 58.7 Å². The molecule has 4 heterocycles. The molecule has 0 unspecified atom stereocenters. The number of halogens is 1. The quantitative estimate of drug-likeness (QED) is 0.313. The second kappa shape index (κ2) is 13.6. The topological polar surface area (TPSA) is 111 Å². The molecule has 0 bridgehead atoms. The van der Waals surface area contributed by atoms with Gasteiger partial charge in [-0.3, -0.25) is 14.7 Å². The predicted molar refractivity (Wildman–Crippen MR) is 174 cm³/mol. The summed E-state index contributed by atoms with van der Waals surface area (Å²) in [5, 5.41) is 17.8. The predicted octanol–water partition coefficient (Wildman–Crippen LogP) is 5.24. The van der Waals surface area contributed by atoms with Crippen LogP contribution in [0.4, 0.5) is 0 Å². The number of benzene rings is 1. The number of carbonyl (C=O) groups is 1. The van der Waals surface area contributed by atoms with Gasteiger partial charge in [0.25, 0.3) is 5.91 Å². The molecule has 0 saturated carbocycles. The number of nitriles is 1. The minimum Gasteiger partial charge on any atom is -0.491 e. The molecule has 2 aliphatic rings. The number of amides is 1. The highest BCUT2D eigenvalue weighted by atomic mass is 35.5. The first-order chi connectivity index (χ1) is 21.2. The van der Waals surface area contributed by atoms with E-state index in [0.717, 1.165) is 43.6 Å². The molecule has 230 valence electrons. The summed E-state index contributed by atoms with van der Waals surface area (Å²) < 4.78 is 7.79. The second-order valence-corrected chi connectivity index (χ2v) is 12.2. The number of aromatic nitrogens is 2. The van der Waals surface area contributed by atoms with Crippen molar-refractivity contribution in [2.75, 3.05) is 39.3 Å². The molecule has 5 rings (SSSR count). The summed E-state index contributed by atoms with van der Waals surface area (Å²) in [6.45, 7) is 14.6. The van der Waals surface area contributed by atoms with Crippen LogP contribution >= 0.6 is 11.6 Å². The van der Waals surface area contributed by atoms with Gasteiger partial charge in [-0.25, -0.2) is 9.51 Å². The Morgan fingerprint density at radius 3 is 2.70 bits per heavy atom. The van der Waals surface area contributed by atoms with Crippen LogP contribution in [0.5, 0.6) is 5.75 Å². The van der Waals surface area contributed by atoms with Crippen LogP contribution in [0.2, 0.25) is 5.02 Å². The van der Waals surface area contributed by atoms with Crippen molar-refractivity contribution in [3.8, 4) is 11.8 Å². The summed E-state index contributed by atoms with van der Waals surface area (Å²) in [6.07, 6.45) is 8.98. The molecule has 11 heteroatoms. The van der Waals surface area contributed by atoms with Gasteiger partial charge in [-0.15, -0.1) is 0 Å². The first kappa shape index (κ1) is 31.2. The van der Waals surface area contributed by atoms with Crippen LogP contribution in [0.25, 0.3) is 5.52 Å². The maximum absolute atomic E-state index is 13.1. The highest BCUT2D eigenvalue weighted by Gasteiger charge is 2.33. The van der Waals surface area contributed by atoms with Crippen LogP contribution in [-0.4, -0.2) is 82.6 Å². The van der Waals surface area contributed by atoms with Gasteiger partial charge >= 0.3 is 0 Å². The smallest absolute Gasteiger partial charge is 0.253 e. The van der Waals surface area contributed by atoms with E-state index in [1.165, 1.54) is 12.8 Å². The molecular formula is C33H39ClN8O2. The number of rotatable bonds is 10. The lowest BCUT2D eigenvalue weighted by molar-refractivity contribution is 0.0855. The summed E-state index contributed by atoms with van der Waals surface area (Å²) in [5.41, 5.74) is 3.59. The number of aryl methyl sites for hydroxylation is 1. The van der Waals surface area contributed by atoms with Gasteiger partial charge in [-0.1, -0.05) is 23.7 Å². The van der Waals surface area contributed by atoms with E-state index in [4.69, 9.17) is 21.3 Å². The van der Waals surface area contributed by atoms with Gasteiger partial charge in [-0.05, 0) is 84.0 Å². The minimum absolute atomic E-state index is 0.160. The number of likely N-dealkylation sites (tertiary alicyclic amines) is 2. The Kier molecular flexibility index (Phi) is 9.67. The van der Waals surface area contributed by atoms with Crippen molar-refractivity contribution < 1.29 is 9.53 Å². The summed E-state index contributed by atoms with van der Waals surface area (Å²) >= 11 is 6.34. The largest absolute Gasteiger partial charge is 0.491 e. The fraction of sp³-hybridized carbons (Fsp3) is 0.424. The van der Waals surface area contributed by atoms with E-state index >= 15 is 0 Å². The van der Waals surface area contributed by atoms with Crippen LogP contribution in [0.3, 0.4) is 0 Å². The minimum atomic E-state index is -0.388. The summed E-state index contributed by atoms with van der Waals surface area (Å²) in [4.78, 5) is 26.6. The summed E-state index contributed by atoms with van der Waals surface area (Å²) in [5.74, 6) is 1.15. The molecule has 1 aromatic carbocycles. The first-order valence-corrected chi connectivity index (χ1v) is 15.4. The van der Waals surface area contributed by atoms with Crippen LogP contribution < -0.4 is 10.1 Å². The monoisotopic (exact) mass is 614 g/mol. The van der Waals surface area contributed by atoms with E-state index in [9.17, 15) is 10.1 Å². The molecule has 0 atom stereocenters. The van der Waals surface area contributed by atoms with Crippen molar-refractivity contribution in [2.45, 2.75) is 52.0 Å². The zero-order chi connectivity index (χ0) is 31.3. The third-order valence-corrected chi connectivity index (χ3v) is 8.88. The van der Waals surface area contributed by atoms with E-state index in [2.05, 4.69) is 44.9 Å². The highest BCUT2D eigenvalue weighted by molar-refractivity contribution is 6.34. The van der Waals surface area contributed by atoms with E-state index in [-0.39, 0.29) is 11.4 Å². The van der Waals surface area contributed by atoms with Crippen molar-refractivity contribution in [1.82, 2.24) is 24.7 Å². The zero-order valence-electron chi connectivity index (χ0n) is 25.6. The number of piperidine rings is 1. The van der Waals surface area contributed by atoms with Gasteiger partial charge in [0.2, 0.25) is 0 Å². The van der Waals surface area contributed by atoms with Gasteiger partial charge in [0.15, 0.2) is 0 Å². The Hall–Kier alpha value is -4.20. The van der Waals surface area contributed by atoms with Crippen molar-refractivity contribution in [2.24, 2.45) is 9.98 Å². The van der Waals surface area contributed by atoms with E-state index < -0.39 is 0 Å². The van der Waals surface area contributed by atoms with Gasteiger partial charge in [0, 0.05) is 36.4 Å². The van der Waals surface area contributed by atoms with Crippen molar-refractivity contribution in [3.05, 3.63) is 76.0 Å². The van der Waals surface area contributed by atoms with E-state index in [1.807, 2.05) is 32.0 Å². The number of fused-ring (bicyclic) bond motifs is 1. The highest BCUT2D eigenvalue weighted by Crippen LogP contribution is 2.28. The first-order valence-electron chi connectivity index (χ1n) is 15.0. The van der Waals surface area contributed by atoms with Gasteiger partial charge in [-0.2, -0.15) is 10.4 Å². The molecule has 44 heavy (non-hydrogen) atoms. The molecule has 0 spiro atoms. The lowest BCUT2D eigenvalue weighted by Crippen LogP contribution is -2.53. The van der Waals surface area contributed by atoms with Gasteiger partial charge < -0.3 is 15.0 Å². The number of hydrogen-bond acceptors (Lipinski definition) is 8. The second-order valence-electron chi connectivity index (χ2n) is 11.7. The number of hydrogen-bond donors (Lipinski definition) is 1. The van der Waals surface area contributed by atoms with Crippen molar-refractivity contribution in [1.29, 1.82) is 5.26 Å². The lowest BCUT2D eigenvalue weighted by atomic mass is 9.89. The molecule has 3 aromatic rings. The normalized spacial score (nSPS) is 17.5. The Morgan fingerprint density at radius 2 is 2.02 bits per heavy atom. The number of carbonyl (C=O) groups excluding carboxylic acids is 1. The summed E-state index contributed by atoms with van der Waals surface area (Å²) in [7, 11) is 0. The number of nitrogens with zero attached hydrogens (tertiary/aromatic N) is 7. The van der Waals surface area contributed by atoms with Crippen molar-refractivity contribution >= 4 is 35.5 Å². The zero-order valence-corrected chi connectivity index (χ0v) is 26.4. The van der Waals surface area contributed by atoms with E-state index in [0.29, 0.717) is 58.6 Å². The maximum atomic E-state index is 13.1. The number of aliphatic imine (C=N–C) groups is 2.